The van der Waals surface area contributed by atoms with Crippen molar-refractivity contribution in [2.24, 2.45) is 5.92 Å². The number of carbonyl (C=O) groups is 1. The van der Waals surface area contributed by atoms with Crippen LogP contribution in [0.1, 0.15) is 72.1 Å². The van der Waals surface area contributed by atoms with Crippen LogP contribution in [0, 0.1) is 5.92 Å². The van der Waals surface area contributed by atoms with Gasteiger partial charge in [-0.3, -0.25) is 4.79 Å². The topological polar surface area (TPSA) is 58.6 Å². The van der Waals surface area contributed by atoms with Gasteiger partial charge in [0.2, 0.25) is 0 Å². The molecule has 0 radical (unpaired) electrons. The molecule has 0 amide bonds. The van der Waals surface area contributed by atoms with Crippen molar-refractivity contribution in [2.45, 2.75) is 83.8 Å². The first-order valence-electron chi connectivity index (χ1n) is 8.58. The Morgan fingerprint density at radius 3 is 2.76 bits per heavy atom. The van der Waals surface area contributed by atoms with Crippen LogP contribution in [0.15, 0.2) is 0 Å². The number of hydrogen-bond donors (Lipinski definition) is 2. The van der Waals surface area contributed by atoms with Gasteiger partial charge >= 0.3 is 5.97 Å². The van der Waals surface area contributed by atoms with Gasteiger partial charge in [-0.25, -0.2) is 0 Å². The minimum Gasteiger partial charge on any atom is -0.480 e. The van der Waals surface area contributed by atoms with Crippen LogP contribution in [-0.4, -0.2) is 35.9 Å². The van der Waals surface area contributed by atoms with Gasteiger partial charge in [0.05, 0.1) is 6.10 Å². The molecule has 0 heterocycles. The van der Waals surface area contributed by atoms with Gasteiger partial charge in [-0.05, 0) is 57.9 Å². The number of ether oxygens (including phenoxy) is 1. The van der Waals surface area contributed by atoms with Crippen LogP contribution in [0.25, 0.3) is 0 Å². The SMILES string of the molecule is CCCNC(C)(CCCCOC1CCCC(C)C1)C(=O)O. The molecule has 4 nitrogen and oxygen atoms in total. The molecule has 1 fully saturated rings. The predicted octanol–water partition coefficient (Wildman–Crippen LogP) is 3.59. The maximum atomic E-state index is 11.4. The van der Waals surface area contributed by atoms with Gasteiger partial charge in [0.25, 0.3) is 0 Å². The lowest BCUT2D eigenvalue weighted by Gasteiger charge is -2.28. The number of carboxylic acid groups (broad SMARTS) is 1. The predicted molar refractivity (Wildman–Crippen MR) is 85.6 cm³/mol. The highest BCUT2D eigenvalue weighted by atomic mass is 16.5. The molecule has 1 aliphatic carbocycles. The fourth-order valence-electron chi connectivity index (χ4n) is 3.03. The lowest BCUT2D eigenvalue weighted by atomic mass is 9.89. The standard InChI is InChI=1S/C17H33NO3/c1-4-11-18-17(3,16(19)20)10-5-6-12-21-15-9-7-8-14(2)13-15/h14-15,18H,4-13H2,1-3H3,(H,19,20). The zero-order chi connectivity index (χ0) is 15.7. The molecule has 1 aliphatic rings. The second-order valence-corrected chi connectivity index (χ2v) is 6.79. The summed E-state index contributed by atoms with van der Waals surface area (Å²) in [6.07, 6.45) is 8.86. The van der Waals surface area contributed by atoms with Crippen molar-refractivity contribution in [2.75, 3.05) is 13.2 Å². The minimum absolute atomic E-state index is 0.429. The summed E-state index contributed by atoms with van der Waals surface area (Å²) in [5, 5.41) is 12.5. The monoisotopic (exact) mass is 299 g/mol. The summed E-state index contributed by atoms with van der Waals surface area (Å²) in [5.41, 5.74) is -0.796. The first kappa shape index (κ1) is 18.4. The minimum atomic E-state index is -0.796. The first-order valence-corrected chi connectivity index (χ1v) is 8.58. The third-order valence-corrected chi connectivity index (χ3v) is 4.55. The molecule has 1 rings (SSSR count). The molecule has 0 bridgehead atoms. The summed E-state index contributed by atoms with van der Waals surface area (Å²) < 4.78 is 5.94. The quantitative estimate of drug-likeness (QED) is 0.605. The van der Waals surface area contributed by atoms with E-state index in [2.05, 4.69) is 12.2 Å². The Hall–Kier alpha value is -0.610. The summed E-state index contributed by atoms with van der Waals surface area (Å²) in [6.45, 7) is 7.65. The van der Waals surface area contributed by atoms with E-state index in [1.54, 1.807) is 6.92 Å². The molecular weight excluding hydrogens is 266 g/mol. The van der Waals surface area contributed by atoms with E-state index in [9.17, 15) is 9.90 Å². The normalized spacial score (nSPS) is 25.5. The van der Waals surface area contributed by atoms with Gasteiger partial charge in [0.15, 0.2) is 0 Å². The van der Waals surface area contributed by atoms with Crippen molar-refractivity contribution in [1.29, 1.82) is 0 Å². The Balaban J connectivity index is 2.17. The van der Waals surface area contributed by atoms with Gasteiger partial charge in [-0.2, -0.15) is 0 Å². The lowest BCUT2D eigenvalue weighted by Crippen LogP contribution is -2.49. The molecule has 0 aromatic rings. The third-order valence-electron chi connectivity index (χ3n) is 4.55. The Kier molecular flexibility index (Phi) is 8.27. The highest BCUT2D eigenvalue weighted by Gasteiger charge is 2.31. The molecule has 1 saturated carbocycles. The fraction of sp³-hybridized carbons (Fsp3) is 0.941. The van der Waals surface area contributed by atoms with E-state index < -0.39 is 11.5 Å². The summed E-state index contributed by atoms with van der Waals surface area (Å²) in [5.74, 6) is 0.0373. The third kappa shape index (κ3) is 6.79. The van der Waals surface area contributed by atoms with E-state index in [-0.39, 0.29) is 0 Å². The van der Waals surface area contributed by atoms with Crippen LogP contribution in [0.3, 0.4) is 0 Å². The van der Waals surface area contributed by atoms with E-state index >= 15 is 0 Å². The largest absolute Gasteiger partial charge is 0.480 e. The van der Waals surface area contributed by atoms with Crippen LogP contribution in [0.4, 0.5) is 0 Å². The smallest absolute Gasteiger partial charge is 0.323 e. The molecule has 0 aromatic heterocycles. The Morgan fingerprint density at radius 1 is 1.38 bits per heavy atom. The molecule has 3 atom stereocenters. The van der Waals surface area contributed by atoms with E-state index in [0.29, 0.717) is 12.5 Å². The summed E-state index contributed by atoms with van der Waals surface area (Å²) in [7, 11) is 0. The molecule has 124 valence electrons. The van der Waals surface area contributed by atoms with Crippen LogP contribution < -0.4 is 5.32 Å². The van der Waals surface area contributed by atoms with Crippen LogP contribution in [0.2, 0.25) is 0 Å². The van der Waals surface area contributed by atoms with E-state index in [1.165, 1.54) is 25.7 Å². The Morgan fingerprint density at radius 2 is 2.14 bits per heavy atom. The van der Waals surface area contributed by atoms with E-state index in [4.69, 9.17) is 4.74 Å². The number of rotatable bonds is 10. The van der Waals surface area contributed by atoms with Crippen molar-refractivity contribution in [3.05, 3.63) is 0 Å². The van der Waals surface area contributed by atoms with Gasteiger partial charge in [-0.1, -0.05) is 26.7 Å². The van der Waals surface area contributed by atoms with Gasteiger partial charge in [-0.15, -0.1) is 0 Å². The van der Waals surface area contributed by atoms with E-state index in [0.717, 1.165) is 38.3 Å². The molecule has 0 aromatic carbocycles. The Bertz CT molecular complexity index is 308. The summed E-state index contributed by atoms with van der Waals surface area (Å²) in [6, 6.07) is 0. The van der Waals surface area contributed by atoms with Crippen LogP contribution in [0.5, 0.6) is 0 Å². The molecular formula is C17H33NO3. The molecule has 21 heavy (non-hydrogen) atoms. The molecule has 2 N–H and O–H groups in total. The summed E-state index contributed by atoms with van der Waals surface area (Å²) >= 11 is 0. The fourth-order valence-corrected chi connectivity index (χ4v) is 3.03. The number of aliphatic carboxylic acids is 1. The second kappa shape index (κ2) is 9.42. The van der Waals surface area contributed by atoms with Crippen molar-refractivity contribution in [1.82, 2.24) is 5.32 Å². The second-order valence-electron chi connectivity index (χ2n) is 6.79. The highest BCUT2D eigenvalue weighted by Crippen LogP contribution is 2.26. The zero-order valence-corrected chi connectivity index (χ0v) is 14.0. The van der Waals surface area contributed by atoms with Gasteiger partial charge < -0.3 is 15.2 Å². The van der Waals surface area contributed by atoms with Crippen molar-refractivity contribution in [3.63, 3.8) is 0 Å². The van der Waals surface area contributed by atoms with Gasteiger partial charge in [0.1, 0.15) is 5.54 Å². The molecule has 0 aliphatic heterocycles. The average Bonchev–Trinajstić information content (AvgIpc) is 2.44. The zero-order valence-electron chi connectivity index (χ0n) is 14.0. The number of carboxylic acids is 1. The molecule has 3 unspecified atom stereocenters. The van der Waals surface area contributed by atoms with Crippen molar-refractivity contribution in [3.8, 4) is 0 Å². The maximum absolute atomic E-state index is 11.4. The average molecular weight is 299 g/mol. The molecule has 0 spiro atoms. The number of unbranched alkanes of at least 4 members (excludes halogenated alkanes) is 1. The Labute approximate surface area is 129 Å². The lowest BCUT2D eigenvalue weighted by molar-refractivity contribution is -0.144. The number of hydrogen-bond acceptors (Lipinski definition) is 3. The maximum Gasteiger partial charge on any atom is 0.323 e. The number of nitrogens with one attached hydrogen (secondary N) is 1. The highest BCUT2D eigenvalue weighted by molar-refractivity contribution is 5.78. The molecule has 4 heteroatoms. The van der Waals surface area contributed by atoms with Crippen LogP contribution in [-0.2, 0) is 9.53 Å². The van der Waals surface area contributed by atoms with Gasteiger partial charge in [0, 0.05) is 6.61 Å². The molecule has 0 saturated heterocycles. The van der Waals surface area contributed by atoms with Crippen molar-refractivity contribution >= 4 is 5.97 Å². The first-order chi connectivity index (χ1) is 9.98. The van der Waals surface area contributed by atoms with Crippen LogP contribution >= 0.6 is 0 Å². The van der Waals surface area contributed by atoms with E-state index in [1.807, 2.05) is 6.92 Å². The summed E-state index contributed by atoms with van der Waals surface area (Å²) in [4.78, 5) is 11.4. The van der Waals surface area contributed by atoms with Crippen molar-refractivity contribution < 1.29 is 14.6 Å².